The van der Waals surface area contributed by atoms with Gasteiger partial charge in [0.1, 0.15) is 0 Å². The van der Waals surface area contributed by atoms with E-state index >= 15 is 0 Å². The average Bonchev–Trinajstić information content (AvgIpc) is 2.56. The molecule has 1 aromatic carbocycles. The fourth-order valence-corrected chi connectivity index (χ4v) is 3.05. The van der Waals surface area contributed by atoms with Crippen LogP contribution in [0.15, 0.2) is 42.7 Å². The Labute approximate surface area is 143 Å². The van der Waals surface area contributed by atoms with Gasteiger partial charge in [-0.2, -0.15) is 0 Å². The lowest BCUT2D eigenvalue weighted by Gasteiger charge is -2.23. The molecule has 0 bridgehead atoms. The van der Waals surface area contributed by atoms with Gasteiger partial charge in [-0.25, -0.2) is 9.97 Å². The molecule has 1 aliphatic heterocycles. The van der Waals surface area contributed by atoms with Crippen molar-refractivity contribution in [2.24, 2.45) is 0 Å². The van der Waals surface area contributed by atoms with Crippen molar-refractivity contribution in [3.63, 3.8) is 0 Å². The van der Waals surface area contributed by atoms with Gasteiger partial charge in [0.25, 0.3) is 0 Å². The van der Waals surface area contributed by atoms with E-state index < -0.39 is 0 Å². The highest BCUT2D eigenvalue weighted by atomic mass is 127. The van der Waals surface area contributed by atoms with E-state index in [0.717, 1.165) is 46.0 Å². The molecule has 0 atom stereocenters. The van der Waals surface area contributed by atoms with E-state index in [1.807, 2.05) is 36.7 Å². The third-order valence-electron chi connectivity index (χ3n) is 3.58. The van der Waals surface area contributed by atoms with Gasteiger partial charge in [-0.15, -0.1) is 0 Å². The minimum atomic E-state index is 0.739. The monoisotopic (exact) mass is 411 g/mol. The van der Waals surface area contributed by atoms with Crippen molar-refractivity contribution in [1.29, 1.82) is 0 Å². The molecule has 0 saturated heterocycles. The molecule has 0 amide bonds. The fraction of sp³-hybridized carbons (Fsp3) is 0.250. The van der Waals surface area contributed by atoms with Gasteiger partial charge in [0, 0.05) is 36.1 Å². The minimum absolute atomic E-state index is 0.739. The van der Waals surface area contributed by atoms with Gasteiger partial charge >= 0.3 is 0 Å². The van der Waals surface area contributed by atoms with Crippen LogP contribution in [0.25, 0.3) is 16.7 Å². The maximum Gasteiger partial charge on any atom is 0.154 e. The first kappa shape index (κ1) is 14.9. The molecule has 0 radical (unpaired) electrons. The van der Waals surface area contributed by atoms with Crippen molar-refractivity contribution in [3.05, 3.63) is 53.6 Å². The molecule has 0 aliphatic carbocycles. The first-order valence-electron chi connectivity index (χ1n) is 6.82. The zero-order chi connectivity index (χ0) is 14.7. The second kappa shape index (κ2) is 6.85. The summed E-state index contributed by atoms with van der Waals surface area (Å²) in [6.45, 7) is 2.07. The van der Waals surface area contributed by atoms with Crippen LogP contribution in [0.5, 0.6) is 0 Å². The number of alkyl halides is 1. The van der Waals surface area contributed by atoms with E-state index in [1.165, 1.54) is 5.57 Å². The van der Waals surface area contributed by atoms with Gasteiger partial charge in [0.2, 0.25) is 0 Å². The van der Waals surface area contributed by atoms with Crippen molar-refractivity contribution < 1.29 is 0 Å². The van der Waals surface area contributed by atoms with Crippen LogP contribution < -0.4 is 0 Å². The van der Waals surface area contributed by atoms with E-state index in [2.05, 4.69) is 43.5 Å². The summed E-state index contributed by atoms with van der Waals surface area (Å²) in [5.74, 6) is 0.848. The van der Waals surface area contributed by atoms with Gasteiger partial charge in [0.05, 0.1) is 4.55 Å². The topological polar surface area (TPSA) is 29.0 Å². The maximum absolute atomic E-state index is 5.91. The highest BCUT2D eigenvalue weighted by Crippen LogP contribution is 2.23. The smallest absolute Gasteiger partial charge is 0.154 e. The molecule has 0 saturated carbocycles. The van der Waals surface area contributed by atoms with Crippen molar-refractivity contribution in [2.45, 2.75) is 6.42 Å². The summed E-state index contributed by atoms with van der Waals surface area (Å²) >= 11 is 8.30. The van der Waals surface area contributed by atoms with Gasteiger partial charge < -0.3 is 0 Å². The quantitative estimate of drug-likeness (QED) is 0.429. The molecule has 0 fully saturated rings. The van der Waals surface area contributed by atoms with Crippen molar-refractivity contribution >= 4 is 39.8 Å². The lowest BCUT2D eigenvalue weighted by atomic mass is 10.1. The number of halogens is 2. The fourth-order valence-electron chi connectivity index (χ4n) is 2.31. The lowest BCUT2D eigenvalue weighted by Crippen LogP contribution is -2.27. The highest BCUT2D eigenvalue weighted by molar-refractivity contribution is 14.1. The standard InChI is InChI=1S/C16H15ClIN3/c17-15-3-1-12(2-4-15)14-9-19-16(20-10-14)13-5-7-21(11-18)8-6-13/h1-5,9-10H,6-8,11H2. The number of nitrogens with zero attached hydrogens (tertiary/aromatic N) is 3. The minimum Gasteiger partial charge on any atom is -0.290 e. The van der Waals surface area contributed by atoms with Crippen LogP contribution in [0, 0.1) is 0 Å². The molecule has 3 rings (SSSR count). The molecule has 2 aromatic rings. The summed E-state index contributed by atoms with van der Waals surface area (Å²) in [4.78, 5) is 11.4. The Morgan fingerprint density at radius 3 is 2.38 bits per heavy atom. The lowest BCUT2D eigenvalue weighted by molar-refractivity contribution is 0.362. The maximum atomic E-state index is 5.91. The molecule has 5 heteroatoms. The first-order chi connectivity index (χ1) is 10.3. The van der Waals surface area contributed by atoms with Crippen LogP contribution in [0.3, 0.4) is 0 Å². The number of aromatic nitrogens is 2. The van der Waals surface area contributed by atoms with Gasteiger partial charge in [-0.1, -0.05) is 52.4 Å². The molecule has 1 aromatic heterocycles. The van der Waals surface area contributed by atoms with Crippen molar-refractivity contribution in [3.8, 4) is 11.1 Å². The Bertz CT molecular complexity index is 638. The summed E-state index contributed by atoms with van der Waals surface area (Å²) < 4.78 is 1.07. The molecule has 1 aliphatic rings. The Balaban J connectivity index is 1.78. The summed E-state index contributed by atoms with van der Waals surface area (Å²) in [5, 5.41) is 0.739. The van der Waals surface area contributed by atoms with Crippen LogP contribution in [-0.2, 0) is 0 Å². The first-order valence-corrected chi connectivity index (χ1v) is 8.72. The SMILES string of the molecule is Clc1ccc(-c2cnc(C3=CCN(CI)CC3)nc2)cc1. The summed E-state index contributed by atoms with van der Waals surface area (Å²) in [6.07, 6.45) is 7.02. The molecule has 0 unspecified atom stereocenters. The van der Waals surface area contributed by atoms with Gasteiger partial charge in [-0.3, -0.25) is 4.90 Å². The van der Waals surface area contributed by atoms with E-state index in [0.29, 0.717) is 0 Å². The van der Waals surface area contributed by atoms with Crippen LogP contribution in [0.4, 0.5) is 0 Å². The molecule has 0 N–H and O–H groups in total. The average molecular weight is 412 g/mol. The second-order valence-electron chi connectivity index (χ2n) is 4.98. The molecule has 108 valence electrons. The summed E-state index contributed by atoms with van der Waals surface area (Å²) in [6, 6.07) is 7.73. The molecular formula is C16H15ClIN3. The van der Waals surface area contributed by atoms with Crippen molar-refractivity contribution in [1.82, 2.24) is 14.9 Å². The molecular weight excluding hydrogens is 397 g/mol. The zero-order valence-corrected chi connectivity index (χ0v) is 14.4. The van der Waals surface area contributed by atoms with E-state index in [4.69, 9.17) is 11.6 Å². The Hall–Kier alpha value is -0.980. The van der Waals surface area contributed by atoms with E-state index in [9.17, 15) is 0 Å². The Morgan fingerprint density at radius 2 is 1.81 bits per heavy atom. The number of hydrogen-bond donors (Lipinski definition) is 0. The number of benzene rings is 1. The second-order valence-corrected chi connectivity index (χ2v) is 6.10. The molecule has 2 heterocycles. The Morgan fingerprint density at radius 1 is 1.10 bits per heavy atom. The Kier molecular flexibility index (Phi) is 4.87. The predicted octanol–water partition coefficient (Wildman–Crippen LogP) is 4.28. The third kappa shape index (κ3) is 3.62. The largest absolute Gasteiger partial charge is 0.290 e. The van der Waals surface area contributed by atoms with E-state index in [-0.39, 0.29) is 0 Å². The van der Waals surface area contributed by atoms with Crippen LogP contribution in [0.2, 0.25) is 5.02 Å². The van der Waals surface area contributed by atoms with Gasteiger partial charge in [0.15, 0.2) is 5.82 Å². The predicted molar refractivity (Wildman–Crippen MR) is 95.5 cm³/mol. The highest BCUT2D eigenvalue weighted by Gasteiger charge is 2.13. The van der Waals surface area contributed by atoms with Gasteiger partial charge in [-0.05, 0) is 29.7 Å². The van der Waals surface area contributed by atoms with Crippen LogP contribution in [-0.4, -0.2) is 32.5 Å². The van der Waals surface area contributed by atoms with E-state index in [1.54, 1.807) is 0 Å². The number of rotatable bonds is 3. The normalized spacial score (nSPS) is 15.8. The zero-order valence-electron chi connectivity index (χ0n) is 11.5. The molecule has 0 spiro atoms. The third-order valence-corrected chi connectivity index (χ3v) is 4.80. The molecule has 21 heavy (non-hydrogen) atoms. The number of hydrogen-bond acceptors (Lipinski definition) is 3. The van der Waals surface area contributed by atoms with Crippen molar-refractivity contribution in [2.75, 3.05) is 17.6 Å². The van der Waals surface area contributed by atoms with Crippen LogP contribution >= 0.6 is 34.2 Å². The summed E-state index contributed by atoms with van der Waals surface area (Å²) in [7, 11) is 0. The summed E-state index contributed by atoms with van der Waals surface area (Å²) in [5.41, 5.74) is 3.35. The molecule has 3 nitrogen and oxygen atoms in total. The van der Waals surface area contributed by atoms with Crippen LogP contribution in [0.1, 0.15) is 12.2 Å².